The molecule has 1 fully saturated rings. The minimum atomic E-state index is -3.22. The Kier molecular flexibility index (Phi) is 4.07. The molecule has 0 saturated carbocycles. The van der Waals surface area contributed by atoms with Crippen molar-refractivity contribution in [3.8, 4) is 0 Å². The molecule has 1 aromatic heterocycles. The number of carbonyl (C=O) groups is 1. The first-order chi connectivity index (χ1) is 8.80. The minimum absolute atomic E-state index is 0.167. The number of rotatable bonds is 3. The summed E-state index contributed by atoms with van der Waals surface area (Å²) in [5.74, 6) is 0.274. The summed E-state index contributed by atoms with van der Waals surface area (Å²) in [5.41, 5.74) is 0.429. The van der Waals surface area contributed by atoms with E-state index < -0.39 is 21.2 Å². The lowest BCUT2D eigenvalue weighted by atomic mass is 10.4. The Morgan fingerprint density at radius 1 is 1.53 bits per heavy atom. The number of thioether (sulfide) groups is 1. The first-order valence-electron chi connectivity index (χ1n) is 5.54. The fraction of sp³-hybridized carbons (Fsp3) is 0.600. The maximum absolute atomic E-state index is 11.8. The second-order valence-corrected chi connectivity index (χ2v) is 8.60. The van der Waals surface area contributed by atoms with E-state index in [9.17, 15) is 13.2 Å². The Morgan fingerprint density at radius 2 is 2.21 bits per heavy atom. The summed E-state index contributed by atoms with van der Waals surface area (Å²) in [6.07, 6.45) is 1.20. The highest BCUT2D eigenvalue weighted by molar-refractivity contribution is 8.01. The lowest BCUT2D eigenvalue weighted by Crippen LogP contribution is -2.47. The van der Waals surface area contributed by atoms with Crippen LogP contribution in [0.1, 0.15) is 15.4 Å². The number of aromatic nitrogens is 1. The molecule has 0 bridgehead atoms. The van der Waals surface area contributed by atoms with Crippen LogP contribution in [-0.2, 0) is 9.84 Å². The van der Waals surface area contributed by atoms with Crippen LogP contribution in [0.3, 0.4) is 0 Å². The zero-order chi connectivity index (χ0) is 14.2. The number of aromatic carboxylic acids is 1. The molecule has 19 heavy (non-hydrogen) atoms. The Labute approximate surface area is 119 Å². The molecule has 0 aromatic carbocycles. The van der Waals surface area contributed by atoms with Crippen LogP contribution in [0.5, 0.6) is 0 Å². The van der Waals surface area contributed by atoms with Gasteiger partial charge in [0.15, 0.2) is 15.0 Å². The number of anilines is 1. The van der Waals surface area contributed by atoms with Gasteiger partial charge >= 0.3 is 5.97 Å². The molecule has 1 atom stereocenters. The van der Waals surface area contributed by atoms with Crippen molar-refractivity contribution >= 4 is 44.0 Å². The van der Waals surface area contributed by atoms with Crippen molar-refractivity contribution in [2.24, 2.45) is 0 Å². The van der Waals surface area contributed by atoms with Gasteiger partial charge < -0.3 is 10.0 Å². The number of hydrogen-bond acceptors (Lipinski definition) is 7. The normalized spacial score (nSPS) is 20.5. The average molecular weight is 322 g/mol. The molecule has 0 aliphatic carbocycles. The maximum atomic E-state index is 11.8. The molecule has 9 heteroatoms. The molecular weight excluding hydrogens is 308 g/mol. The first-order valence-corrected chi connectivity index (χ1v) is 9.47. The van der Waals surface area contributed by atoms with Crippen LogP contribution >= 0.6 is 23.1 Å². The van der Waals surface area contributed by atoms with Crippen LogP contribution in [0, 0.1) is 6.92 Å². The van der Waals surface area contributed by atoms with Crippen LogP contribution in [-0.4, -0.2) is 54.2 Å². The summed E-state index contributed by atoms with van der Waals surface area (Å²) >= 11 is 2.62. The number of nitrogens with zero attached hydrogens (tertiary/aromatic N) is 2. The third-order valence-corrected chi connectivity index (χ3v) is 6.63. The van der Waals surface area contributed by atoms with Gasteiger partial charge in [-0.3, -0.25) is 0 Å². The van der Waals surface area contributed by atoms with E-state index in [0.29, 0.717) is 23.1 Å². The highest BCUT2D eigenvalue weighted by Crippen LogP contribution is 2.31. The van der Waals surface area contributed by atoms with Gasteiger partial charge in [0, 0.05) is 24.3 Å². The van der Waals surface area contributed by atoms with Crippen molar-refractivity contribution in [1.82, 2.24) is 4.98 Å². The second-order valence-electron chi connectivity index (χ2n) is 4.27. The van der Waals surface area contributed by atoms with E-state index in [-0.39, 0.29) is 4.88 Å². The number of carboxylic acid groups (broad SMARTS) is 1. The molecule has 0 amide bonds. The topological polar surface area (TPSA) is 87.6 Å². The van der Waals surface area contributed by atoms with E-state index >= 15 is 0 Å². The Bertz CT molecular complexity index is 596. The molecule has 1 unspecified atom stereocenters. The molecule has 0 spiro atoms. The second kappa shape index (κ2) is 5.29. The highest BCUT2D eigenvalue weighted by atomic mass is 32.2. The average Bonchev–Trinajstić information content (AvgIpc) is 2.70. The Balaban J connectivity index is 2.38. The summed E-state index contributed by atoms with van der Waals surface area (Å²) in [7, 11) is -3.22. The number of sulfone groups is 1. The number of carboxylic acids is 1. The smallest absolute Gasteiger partial charge is 0.347 e. The zero-order valence-corrected chi connectivity index (χ0v) is 12.9. The van der Waals surface area contributed by atoms with Crippen LogP contribution in [0.15, 0.2) is 0 Å². The van der Waals surface area contributed by atoms with E-state index in [0.717, 1.165) is 17.1 Å². The van der Waals surface area contributed by atoms with E-state index in [2.05, 4.69) is 4.98 Å². The van der Waals surface area contributed by atoms with Gasteiger partial charge in [0.25, 0.3) is 0 Å². The largest absolute Gasteiger partial charge is 0.477 e. The van der Waals surface area contributed by atoms with Gasteiger partial charge in [-0.2, -0.15) is 11.8 Å². The fourth-order valence-corrected chi connectivity index (χ4v) is 5.73. The SMILES string of the molecule is Cc1nc(N2CCSCC2S(C)(=O)=O)sc1C(=O)O. The third kappa shape index (κ3) is 3.03. The molecule has 6 nitrogen and oxygen atoms in total. The number of aryl methyl sites for hydroxylation is 1. The number of thiazole rings is 1. The zero-order valence-electron chi connectivity index (χ0n) is 10.5. The van der Waals surface area contributed by atoms with Crippen molar-refractivity contribution in [2.75, 3.05) is 29.2 Å². The lowest BCUT2D eigenvalue weighted by Gasteiger charge is -2.33. The van der Waals surface area contributed by atoms with Crippen LogP contribution in [0.25, 0.3) is 0 Å². The monoisotopic (exact) mass is 322 g/mol. The van der Waals surface area contributed by atoms with Gasteiger partial charge in [-0.05, 0) is 6.92 Å². The van der Waals surface area contributed by atoms with Crippen LogP contribution in [0.4, 0.5) is 5.13 Å². The van der Waals surface area contributed by atoms with Crippen LogP contribution in [0.2, 0.25) is 0 Å². The molecule has 106 valence electrons. The predicted octanol–water partition coefficient (Wildman–Crippen LogP) is 1.07. The lowest BCUT2D eigenvalue weighted by molar-refractivity contribution is 0.0701. The van der Waals surface area contributed by atoms with Gasteiger partial charge in [0.05, 0.1) is 5.69 Å². The van der Waals surface area contributed by atoms with Gasteiger partial charge in [-0.15, -0.1) is 0 Å². The molecule has 0 radical (unpaired) electrons. The quantitative estimate of drug-likeness (QED) is 0.890. The molecule has 1 aromatic rings. The van der Waals surface area contributed by atoms with Crippen molar-refractivity contribution in [2.45, 2.75) is 12.3 Å². The van der Waals surface area contributed by atoms with E-state index in [1.54, 1.807) is 23.6 Å². The molecule has 1 N–H and O–H groups in total. The van der Waals surface area contributed by atoms with Crippen molar-refractivity contribution in [3.05, 3.63) is 10.6 Å². The van der Waals surface area contributed by atoms with E-state index in [1.807, 2.05) is 0 Å². The van der Waals surface area contributed by atoms with Crippen molar-refractivity contribution in [1.29, 1.82) is 0 Å². The van der Waals surface area contributed by atoms with Crippen LogP contribution < -0.4 is 4.90 Å². The predicted molar refractivity (Wildman–Crippen MR) is 77.1 cm³/mol. The maximum Gasteiger partial charge on any atom is 0.347 e. The summed E-state index contributed by atoms with van der Waals surface area (Å²) in [6.45, 7) is 2.19. The van der Waals surface area contributed by atoms with Gasteiger partial charge in [-0.1, -0.05) is 11.3 Å². The van der Waals surface area contributed by atoms with Gasteiger partial charge in [0.1, 0.15) is 10.3 Å². The Morgan fingerprint density at radius 3 is 2.74 bits per heavy atom. The van der Waals surface area contributed by atoms with Gasteiger partial charge in [-0.25, -0.2) is 18.2 Å². The van der Waals surface area contributed by atoms with Crippen molar-refractivity contribution in [3.63, 3.8) is 0 Å². The highest BCUT2D eigenvalue weighted by Gasteiger charge is 2.33. The van der Waals surface area contributed by atoms with Gasteiger partial charge in [0.2, 0.25) is 0 Å². The minimum Gasteiger partial charge on any atom is -0.477 e. The first kappa shape index (κ1) is 14.6. The summed E-state index contributed by atoms with van der Waals surface area (Å²) < 4.78 is 23.6. The molecule has 1 aliphatic heterocycles. The fourth-order valence-electron chi connectivity index (χ4n) is 1.86. The third-order valence-electron chi connectivity index (χ3n) is 2.80. The van der Waals surface area contributed by atoms with E-state index in [4.69, 9.17) is 5.11 Å². The molecule has 2 heterocycles. The molecular formula is C10H14N2O4S3. The summed E-state index contributed by atoms with van der Waals surface area (Å²) in [5, 5.41) is 8.88. The Hall–Kier alpha value is -0.800. The van der Waals surface area contributed by atoms with E-state index in [1.165, 1.54) is 6.26 Å². The standard InChI is InChI=1S/C10H14N2O4S3/c1-6-8(9(13)14)18-10(11-6)12-3-4-17-5-7(12)19(2,15)16/h7H,3-5H2,1-2H3,(H,13,14). The summed E-state index contributed by atoms with van der Waals surface area (Å²) in [4.78, 5) is 17.1. The number of hydrogen-bond donors (Lipinski definition) is 1. The van der Waals surface area contributed by atoms with Crippen molar-refractivity contribution < 1.29 is 18.3 Å². The molecule has 1 aliphatic rings. The molecule has 1 saturated heterocycles. The molecule has 2 rings (SSSR count). The summed E-state index contributed by atoms with van der Waals surface area (Å²) in [6, 6.07) is 0.